The Bertz CT molecular complexity index is 665. The Morgan fingerprint density at radius 2 is 2.21 bits per heavy atom. The molecule has 1 aromatic heterocycles. The number of halogens is 1. The Morgan fingerprint density at radius 3 is 2.74 bits per heavy atom. The Hall–Kier alpha value is -2.68. The van der Waals surface area contributed by atoms with Crippen LogP contribution in [0.15, 0.2) is 18.2 Å². The van der Waals surface area contributed by atoms with E-state index in [1.165, 1.54) is 12.1 Å². The molecule has 0 bridgehead atoms. The van der Waals surface area contributed by atoms with Crippen LogP contribution in [0.5, 0.6) is 0 Å². The molecule has 2 N–H and O–H groups in total. The lowest BCUT2D eigenvalue weighted by Crippen LogP contribution is -2.14. The number of anilines is 1. The number of nitrogens with one attached hydrogen (secondary N) is 2. The van der Waals surface area contributed by atoms with Gasteiger partial charge in [-0.15, -0.1) is 0 Å². The largest absolute Gasteiger partial charge is 0.319 e. The number of rotatable bonds is 2. The van der Waals surface area contributed by atoms with E-state index in [2.05, 4.69) is 15.5 Å². The number of nitrogens with zero attached hydrogens (tertiary/aromatic N) is 2. The molecule has 0 aliphatic heterocycles. The average molecular weight is 258 g/mol. The maximum absolute atomic E-state index is 13.7. The molecule has 0 fully saturated rings. The second-order valence-corrected chi connectivity index (χ2v) is 4.07. The zero-order chi connectivity index (χ0) is 14.0. The Labute approximate surface area is 109 Å². The number of amides is 1. The average Bonchev–Trinajstić information content (AvgIpc) is 2.71. The fraction of sp³-hybridized carbons (Fsp3) is 0.154. The van der Waals surface area contributed by atoms with Crippen LogP contribution in [0.1, 0.15) is 27.3 Å². The van der Waals surface area contributed by atoms with Gasteiger partial charge >= 0.3 is 0 Å². The van der Waals surface area contributed by atoms with Crippen LogP contribution >= 0.6 is 0 Å². The number of aromatic amines is 1. The van der Waals surface area contributed by atoms with Crippen molar-refractivity contribution in [1.29, 1.82) is 5.26 Å². The summed E-state index contributed by atoms with van der Waals surface area (Å²) in [5.41, 5.74) is 1.78. The Kier molecular flexibility index (Phi) is 3.29. The highest BCUT2D eigenvalue weighted by molar-refractivity contribution is 6.05. The van der Waals surface area contributed by atoms with Gasteiger partial charge in [-0.3, -0.25) is 9.89 Å². The number of carbonyl (C=O) groups is 1. The van der Waals surface area contributed by atoms with Crippen molar-refractivity contribution < 1.29 is 9.18 Å². The van der Waals surface area contributed by atoms with Gasteiger partial charge in [0.1, 0.15) is 5.82 Å². The second-order valence-electron chi connectivity index (χ2n) is 4.07. The van der Waals surface area contributed by atoms with Crippen molar-refractivity contribution in [2.45, 2.75) is 13.8 Å². The van der Waals surface area contributed by atoms with Gasteiger partial charge in [0.25, 0.3) is 5.91 Å². The van der Waals surface area contributed by atoms with E-state index >= 15 is 0 Å². The lowest BCUT2D eigenvalue weighted by atomic mass is 10.1. The molecule has 5 nitrogen and oxygen atoms in total. The molecule has 6 heteroatoms. The molecule has 2 rings (SSSR count). The van der Waals surface area contributed by atoms with Gasteiger partial charge < -0.3 is 5.32 Å². The quantitative estimate of drug-likeness (QED) is 0.867. The van der Waals surface area contributed by atoms with Crippen molar-refractivity contribution in [3.8, 4) is 6.07 Å². The number of hydrogen-bond donors (Lipinski definition) is 2. The summed E-state index contributed by atoms with van der Waals surface area (Å²) in [7, 11) is 0. The zero-order valence-electron chi connectivity index (χ0n) is 10.4. The summed E-state index contributed by atoms with van der Waals surface area (Å²) in [5, 5.41) is 17.7. The van der Waals surface area contributed by atoms with E-state index in [0.717, 1.165) is 6.07 Å². The summed E-state index contributed by atoms with van der Waals surface area (Å²) < 4.78 is 13.7. The SMILES string of the molecule is Cc1n[nH]c(C)c1C(=O)Nc1ccc(C#N)cc1F. The summed E-state index contributed by atoms with van der Waals surface area (Å²) >= 11 is 0. The molecule has 1 heterocycles. The van der Waals surface area contributed by atoms with E-state index in [-0.39, 0.29) is 11.3 Å². The van der Waals surface area contributed by atoms with E-state index in [1.807, 2.05) is 6.07 Å². The van der Waals surface area contributed by atoms with Gasteiger partial charge in [0.2, 0.25) is 0 Å². The zero-order valence-corrected chi connectivity index (χ0v) is 10.4. The third kappa shape index (κ3) is 2.45. The summed E-state index contributed by atoms with van der Waals surface area (Å²) in [6, 6.07) is 5.70. The minimum Gasteiger partial charge on any atom is -0.319 e. The molecule has 19 heavy (non-hydrogen) atoms. The molecule has 0 radical (unpaired) electrons. The summed E-state index contributed by atoms with van der Waals surface area (Å²) in [5.74, 6) is -1.08. The van der Waals surface area contributed by atoms with Gasteiger partial charge in [-0.1, -0.05) is 0 Å². The highest BCUT2D eigenvalue weighted by atomic mass is 19.1. The lowest BCUT2D eigenvalue weighted by molar-refractivity contribution is 0.102. The number of nitriles is 1. The number of carbonyl (C=O) groups excluding carboxylic acids is 1. The third-order valence-corrected chi connectivity index (χ3v) is 2.70. The van der Waals surface area contributed by atoms with Gasteiger partial charge in [0.15, 0.2) is 0 Å². The van der Waals surface area contributed by atoms with Crippen molar-refractivity contribution in [2.24, 2.45) is 0 Å². The first kappa shape index (κ1) is 12.8. The van der Waals surface area contributed by atoms with Gasteiger partial charge in [0.05, 0.1) is 28.6 Å². The maximum atomic E-state index is 13.7. The van der Waals surface area contributed by atoms with Gasteiger partial charge in [0, 0.05) is 5.69 Å². The van der Waals surface area contributed by atoms with Crippen molar-refractivity contribution in [1.82, 2.24) is 10.2 Å². The number of H-pyrrole nitrogens is 1. The molecule has 0 aliphatic rings. The van der Waals surface area contributed by atoms with Crippen LogP contribution in [0.3, 0.4) is 0 Å². The number of aryl methyl sites for hydroxylation is 2. The van der Waals surface area contributed by atoms with Crippen molar-refractivity contribution >= 4 is 11.6 Å². The first-order chi connectivity index (χ1) is 9.02. The predicted molar refractivity (Wildman–Crippen MR) is 67.1 cm³/mol. The van der Waals surface area contributed by atoms with E-state index in [0.29, 0.717) is 17.0 Å². The first-order valence-corrected chi connectivity index (χ1v) is 5.55. The van der Waals surface area contributed by atoms with Crippen LogP contribution in [0.2, 0.25) is 0 Å². The van der Waals surface area contributed by atoms with E-state index in [4.69, 9.17) is 5.26 Å². The molecule has 96 valence electrons. The third-order valence-electron chi connectivity index (χ3n) is 2.70. The molecule has 0 atom stereocenters. The van der Waals surface area contributed by atoms with Crippen LogP contribution in [0.4, 0.5) is 10.1 Å². The Balaban J connectivity index is 2.28. The van der Waals surface area contributed by atoms with E-state index in [9.17, 15) is 9.18 Å². The first-order valence-electron chi connectivity index (χ1n) is 5.55. The van der Waals surface area contributed by atoms with Gasteiger partial charge in [-0.05, 0) is 32.0 Å². The number of hydrogen-bond acceptors (Lipinski definition) is 3. The van der Waals surface area contributed by atoms with Crippen LogP contribution in [-0.2, 0) is 0 Å². The highest BCUT2D eigenvalue weighted by Crippen LogP contribution is 2.18. The molecule has 0 saturated carbocycles. The summed E-state index contributed by atoms with van der Waals surface area (Å²) in [6.07, 6.45) is 0. The lowest BCUT2D eigenvalue weighted by Gasteiger charge is -2.06. The molecule has 2 aromatic rings. The van der Waals surface area contributed by atoms with Crippen LogP contribution < -0.4 is 5.32 Å². The highest BCUT2D eigenvalue weighted by Gasteiger charge is 2.16. The Morgan fingerprint density at radius 1 is 1.47 bits per heavy atom. The van der Waals surface area contributed by atoms with Crippen molar-refractivity contribution in [3.63, 3.8) is 0 Å². The minimum absolute atomic E-state index is 0.0315. The standard InChI is InChI=1S/C13H11FN4O/c1-7-12(8(2)18-17-7)13(19)16-11-4-3-9(6-15)5-10(11)14/h3-5H,1-2H3,(H,16,19)(H,17,18). The smallest absolute Gasteiger partial charge is 0.259 e. The van der Waals surface area contributed by atoms with Gasteiger partial charge in [-0.2, -0.15) is 10.4 Å². The maximum Gasteiger partial charge on any atom is 0.259 e. The van der Waals surface area contributed by atoms with Crippen molar-refractivity contribution in [2.75, 3.05) is 5.32 Å². The molecule has 1 aromatic carbocycles. The van der Waals surface area contributed by atoms with E-state index in [1.54, 1.807) is 13.8 Å². The normalized spacial score (nSPS) is 10.0. The number of aromatic nitrogens is 2. The molecule has 0 spiro atoms. The summed E-state index contributed by atoms with van der Waals surface area (Å²) in [4.78, 5) is 12.0. The van der Waals surface area contributed by atoms with Crippen molar-refractivity contribution in [3.05, 3.63) is 46.5 Å². The monoisotopic (exact) mass is 258 g/mol. The summed E-state index contributed by atoms with van der Waals surface area (Å²) in [6.45, 7) is 3.40. The minimum atomic E-state index is -0.647. The number of benzene rings is 1. The van der Waals surface area contributed by atoms with Crippen LogP contribution in [0, 0.1) is 31.0 Å². The molecule has 0 aliphatic carbocycles. The van der Waals surface area contributed by atoms with Gasteiger partial charge in [-0.25, -0.2) is 4.39 Å². The predicted octanol–water partition coefficient (Wildman–Crippen LogP) is 2.29. The fourth-order valence-corrected chi connectivity index (χ4v) is 1.76. The molecule has 0 unspecified atom stereocenters. The van der Waals surface area contributed by atoms with E-state index < -0.39 is 11.7 Å². The van der Waals surface area contributed by atoms with Crippen LogP contribution in [-0.4, -0.2) is 16.1 Å². The molecular weight excluding hydrogens is 247 g/mol. The second kappa shape index (κ2) is 4.90. The topological polar surface area (TPSA) is 81.6 Å². The molecule has 0 saturated heterocycles. The van der Waals surface area contributed by atoms with Crippen LogP contribution in [0.25, 0.3) is 0 Å². The molecular formula is C13H11FN4O. The molecule has 1 amide bonds. The fourth-order valence-electron chi connectivity index (χ4n) is 1.76.